The summed E-state index contributed by atoms with van der Waals surface area (Å²) >= 11 is 1.23. The number of carbonyl (C=O) groups is 1. The fourth-order valence-electron chi connectivity index (χ4n) is 1.08. The number of aromatic nitrogens is 1. The predicted octanol–water partition coefficient (Wildman–Crippen LogP) is -0.528. The van der Waals surface area contributed by atoms with Gasteiger partial charge >= 0.3 is 0 Å². The third kappa shape index (κ3) is 6.05. The molecule has 0 spiro atoms. The van der Waals surface area contributed by atoms with Crippen molar-refractivity contribution in [1.82, 2.24) is 4.98 Å². The molecule has 0 aliphatic carbocycles. The molecule has 0 aliphatic rings. The first kappa shape index (κ1) is 15.0. The van der Waals surface area contributed by atoms with E-state index in [1.165, 1.54) is 17.5 Å². The lowest BCUT2D eigenvalue weighted by Gasteiger charge is -2.05. The standard InChI is InChI=1S/C9H15N3O4S2/c10-1-3-16-4-6-18(14,15)7-8(13)12-9-11-2-5-17-9/h2,5H,1,3-4,6-7,10H2,(H,11,12,13). The molecule has 102 valence electrons. The van der Waals surface area contributed by atoms with Crippen molar-refractivity contribution in [2.45, 2.75) is 0 Å². The number of nitrogens with zero attached hydrogens (tertiary/aromatic N) is 1. The number of nitrogens with two attached hydrogens (primary N) is 1. The van der Waals surface area contributed by atoms with Crippen LogP contribution in [0.4, 0.5) is 5.13 Å². The summed E-state index contributed by atoms with van der Waals surface area (Å²) in [5.74, 6) is -1.36. The molecule has 0 aliphatic heterocycles. The molecule has 7 nitrogen and oxygen atoms in total. The van der Waals surface area contributed by atoms with Crippen molar-refractivity contribution >= 4 is 32.2 Å². The van der Waals surface area contributed by atoms with Gasteiger partial charge in [-0.1, -0.05) is 0 Å². The lowest BCUT2D eigenvalue weighted by atomic mass is 10.7. The highest BCUT2D eigenvalue weighted by molar-refractivity contribution is 7.92. The first-order valence-corrected chi connectivity index (χ1v) is 7.91. The summed E-state index contributed by atoms with van der Waals surface area (Å²) in [7, 11) is -3.47. The molecular formula is C9H15N3O4S2. The second kappa shape index (κ2) is 7.41. The number of hydrogen-bond acceptors (Lipinski definition) is 7. The molecule has 0 radical (unpaired) electrons. The van der Waals surface area contributed by atoms with Crippen LogP contribution >= 0.6 is 11.3 Å². The number of thiazole rings is 1. The molecule has 1 aromatic heterocycles. The van der Waals surface area contributed by atoms with Crippen molar-refractivity contribution in [3.63, 3.8) is 0 Å². The van der Waals surface area contributed by atoms with Gasteiger partial charge in [0.2, 0.25) is 5.91 Å². The van der Waals surface area contributed by atoms with Gasteiger partial charge < -0.3 is 15.8 Å². The third-order valence-electron chi connectivity index (χ3n) is 1.83. The summed E-state index contributed by atoms with van der Waals surface area (Å²) in [4.78, 5) is 15.3. The van der Waals surface area contributed by atoms with Crippen molar-refractivity contribution < 1.29 is 17.9 Å². The van der Waals surface area contributed by atoms with E-state index >= 15 is 0 Å². The molecule has 18 heavy (non-hydrogen) atoms. The molecule has 1 aromatic rings. The van der Waals surface area contributed by atoms with Gasteiger partial charge in [0.1, 0.15) is 5.75 Å². The molecule has 0 aromatic carbocycles. The number of nitrogens with one attached hydrogen (secondary N) is 1. The average Bonchev–Trinajstić information content (AvgIpc) is 2.76. The Hall–Kier alpha value is -1.03. The molecule has 0 saturated heterocycles. The summed E-state index contributed by atoms with van der Waals surface area (Å²) in [6.45, 7) is 0.690. The molecule has 3 N–H and O–H groups in total. The number of ether oxygens (including phenoxy) is 1. The van der Waals surface area contributed by atoms with Gasteiger partial charge in [0, 0.05) is 18.1 Å². The number of hydrogen-bond donors (Lipinski definition) is 2. The van der Waals surface area contributed by atoms with Gasteiger partial charge in [-0.2, -0.15) is 0 Å². The third-order valence-corrected chi connectivity index (χ3v) is 4.01. The van der Waals surface area contributed by atoms with Gasteiger partial charge in [0.15, 0.2) is 15.0 Å². The number of anilines is 1. The van der Waals surface area contributed by atoms with Crippen LogP contribution in [0.15, 0.2) is 11.6 Å². The van der Waals surface area contributed by atoms with Crippen LogP contribution in [0.3, 0.4) is 0 Å². The molecule has 0 atom stereocenters. The fraction of sp³-hybridized carbons (Fsp3) is 0.556. The zero-order chi connectivity index (χ0) is 13.4. The number of carbonyl (C=O) groups excluding carboxylic acids is 1. The number of amides is 1. The zero-order valence-corrected chi connectivity index (χ0v) is 11.3. The second-order valence-electron chi connectivity index (χ2n) is 3.38. The molecule has 0 bridgehead atoms. The molecule has 9 heteroatoms. The minimum atomic E-state index is -3.47. The largest absolute Gasteiger partial charge is 0.379 e. The lowest BCUT2D eigenvalue weighted by molar-refractivity contribution is -0.113. The highest BCUT2D eigenvalue weighted by Crippen LogP contribution is 2.10. The summed E-state index contributed by atoms with van der Waals surface area (Å²) < 4.78 is 28.0. The Morgan fingerprint density at radius 3 is 2.89 bits per heavy atom. The Morgan fingerprint density at radius 1 is 1.50 bits per heavy atom. The quantitative estimate of drug-likeness (QED) is 0.623. The maximum atomic E-state index is 11.5. The van der Waals surface area contributed by atoms with E-state index in [1.807, 2.05) is 0 Å². The first-order valence-electron chi connectivity index (χ1n) is 5.21. The Bertz CT molecular complexity index is 458. The lowest BCUT2D eigenvalue weighted by Crippen LogP contribution is -2.26. The van der Waals surface area contributed by atoms with Crippen molar-refractivity contribution in [2.75, 3.05) is 36.6 Å². The SMILES string of the molecule is NCCOCCS(=O)(=O)CC(=O)Nc1nccs1. The van der Waals surface area contributed by atoms with E-state index < -0.39 is 21.5 Å². The van der Waals surface area contributed by atoms with Gasteiger partial charge in [-0.05, 0) is 0 Å². The van der Waals surface area contributed by atoms with E-state index in [4.69, 9.17) is 10.5 Å². The van der Waals surface area contributed by atoms with Gasteiger partial charge in [-0.25, -0.2) is 13.4 Å². The fourth-order valence-corrected chi connectivity index (χ4v) is 2.62. The summed E-state index contributed by atoms with van der Waals surface area (Å²) in [5, 5.41) is 4.48. The highest BCUT2D eigenvalue weighted by atomic mass is 32.2. The van der Waals surface area contributed by atoms with E-state index in [1.54, 1.807) is 5.38 Å². The van der Waals surface area contributed by atoms with Crippen LogP contribution in [0.1, 0.15) is 0 Å². The molecule has 0 unspecified atom stereocenters. The van der Waals surface area contributed by atoms with Crippen LogP contribution in [0.5, 0.6) is 0 Å². The van der Waals surface area contributed by atoms with Crippen LogP contribution in [-0.2, 0) is 19.4 Å². The van der Waals surface area contributed by atoms with E-state index in [-0.39, 0.29) is 12.4 Å². The van der Waals surface area contributed by atoms with Gasteiger partial charge in [-0.15, -0.1) is 11.3 Å². The van der Waals surface area contributed by atoms with Crippen LogP contribution in [0.25, 0.3) is 0 Å². The monoisotopic (exact) mass is 293 g/mol. The van der Waals surface area contributed by atoms with Crippen LogP contribution in [0, 0.1) is 0 Å². The van der Waals surface area contributed by atoms with Crippen molar-refractivity contribution in [1.29, 1.82) is 0 Å². The summed E-state index contributed by atoms with van der Waals surface area (Å²) in [5.41, 5.74) is 5.19. The van der Waals surface area contributed by atoms with Crippen molar-refractivity contribution in [2.24, 2.45) is 5.73 Å². The summed E-state index contributed by atoms with van der Waals surface area (Å²) in [6.07, 6.45) is 1.52. The molecule has 1 rings (SSSR count). The summed E-state index contributed by atoms with van der Waals surface area (Å²) in [6, 6.07) is 0. The normalized spacial score (nSPS) is 11.4. The second-order valence-corrected chi connectivity index (χ2v) is 6.46. The average molecular weight is 293 g/mol. The van der Waals surface area contributed by atoms with Gasteiger partial charge in [0.25, 0.3) is 0 Å². The van der Waals surface area contributed by atoms with E-state index in [9.17, 15) is 13.2 Å². The highest BCUT2D eigenvalue weighted by Gasteiger charge is 2.17. The molecule has 0 saturated carbocycles. The topological polar surface area (TPSA) is 111 Å². The Balaban J connectivity index is 2.33. The Kier molecular flexibility index (Phi) is 6.19. The molecule has 1 heterocycles. The van der Waals surface area contributed by atoms with E-state index in [2.05, 4.69) is 10.3 Å². The van der Waals surface area contributed by atoms with Crippen LogP contribution < -0.4 is 11.1 Å². The maximum absolute atomic E-state index is 11.5. The van der Waals surface area contributed by atoms with Gasteiger partial charge in [-0.3, -0.25) is 4.79 Å². The van der Waals surface area contributed by atoms with E-state index in [0.717, 1.165) is 0 Å². The predicted molar refractivity (Wildman–Crippen MR) is 69.3 cm³/mol. The Labute approximate surface area is 109 Å². The van der Waals surface area contributed by atoms with E-state index in [0.29, 0.717) is 18.3 Å². The Morgan fingerprint density at radius 2 is 2.28 bits per heavy atom. The first-order chi connectivity index (χ1) is 8.53. The van der Waals surface area contributed by atoms with Crippen molar-refractivity contribution in [3.05, 3.63) is 11.6 Å². The van der Waals surface area contributed by atoms with Gasteiger partial charge in [0.05, 0.1) is 19.0 Å². The van der Waals surface area contributed by atoms with Crippen LogP contribution in [0.2, 0.25) is 0 Å². The number of rotatable bonds is 8. The molecule has 1 amide bonds. The zero-order valence-electron chi connectivity index (χ0n) is 9.66. The minimum Gasteiger partial charge on any atom is -0.379 e. The van der Waals surface area contributed by atoms with Crippen LogP contribution in [-0.4, -0.2) is 50.6 Å². The van der Waals surface area contributed by atoms with Crippen molar-refractivity contribution in [3.8, 4) is 0 Å². The number of sulfone groups is 1. The minimum absolute atomic E-state index is 0.0457. The molecular weight excluding hydrogens is 278 g/mol. The maximum Gasteiger partial charge on any atom is 0.241 e. The smallest absolute Gasteiger partial charge is 0.241 e. The molecule has 0 fully saturated rings.